The van der Waals surface area contributed by atoms with Crippen LogP contribution in [0.4, 0.5) is 0 Å². The number of benzene rings is 1. The molecule has 0 spiro atoms. The molecule has 0 saturated carbocycles. The average molecular weight is 242 g/mol. The number of hydrogen-bond acceptors (Lipinski definition) is 2. The molecule has 96 valence electrons. The maximum Gasteiger partial charge on any atom is 0.0599 e. The van der Waals surface area contributed by atoms with Gasteiger partial charge in [0.15, 0.2) is 0 Å². The van der Waals surface area contributed by atoms with Gasteiger partial charge in [0.2, 0.25) is 0 Å². The molecule has 0 amide bonds. The fraction of sp³-hybridized carbons (Fsp3) is 0.500. The Hall–Kier alpha value is -1.30. The Morgan fingerprint density at radius 3 is 2.33 bits per heavy atom. The molecule has 2 nitrogen and oxygen atoms in total. The molecule has 1 fully saturated rings. The molecule has 1 aliphatic rings. The zero-order valence-corrected chi connectivity index (χ0v) is 11.4. The van der Waals surface area contributed by atoms with Gasteiger partial charge in [0.25, 0.3) is 0 Å². The highest BCUT2D eigenvalue weighted by Crippen LogP contribution is 2.13. The summed E-state index contributed by atoms with van der Waals surface area (Å²) >= 11 is 0. The molecule has 0 bridgehead atoms. The fourth-order valence-electron chi connectivity index (χ4n) is 2.39. The van der Waals surface area contributed by atoms with Crippen molar-refractivity contribution in [2.24, 2.45) is 0 Å². The highest BCUT2D eigenvalue weighted by Gasteiger charge is 2.15. The summed E-state index contributed by atoms with van der Waals surface area (Å²) in [6.07, 6.45) is 5.34. The number of aryl methyl sites for hydroxylation is 2. The summed E-state index contributed by atoms with van der Waals surface area (Å²) in [5, 5.41) is 0. The Morgan fingerprint density at radius 1 is 1.06 bits per heavy atom. The van der Waals surface area contributed by atoms with E-state index in [4.69, 9.17) is 6.42 Å². The summed E-state index contributed by atoms with van der Waals surface area (Å²) < 4.78 is 0. The highest BCUT2D eigenvalue weighted by atomic mass is 15.3. The summed E-state index contributed by atoms with van der Waals surface area (Å²) in [7, 11) is 0. The number of nitrogens with zero attached hydrogens (tertiary/aromatic N) is 2. The summed E-state index contributed by atoms with van der Waals surface area (Å²) in [5.41, 5.74) is 4.18. The smallest absolute Gasteiger partial charge is 0.0599 e. The number of piperazine rings is 1. The molecule has 2 heteroatoms. The maximum absolute atomic E-state index is 5.34. The molecule has 0 aromatic heterocycles. The van der Waals surface area contributed by atoms with Gasteiger partial charge >= 0.3 is 0 Å². The average Bonchev–Trinajstić information content (AvgIpc) is 2.37. The van der Waals surface area contributed by atoms with Crippen LogP contribution in [0.1, 0.15) is 16.7 Å². The maximum atomic E-state index is 5.34. The summed E-state index contributed by atoms with van der Waals surface area (Å²) in [6.45, 7) is 10.6. The van der Waals surface area contributed by atoms with Gasteiger partial charge < -0.3 is 0 Å². The van der Waals surface area contributed by atoms with Crippen LogP contribution in [0.5, 0.6) is 0 Å². The van der Waals surface area contributed by atoms with Gasteiger partial charge in [-0.05, 0) is 30.5 Å². The molecule has 1 saturated heterocycles. The van der Waals surface area contributed by atoms with E-state index in [1.54, 1.807) is 0 Å². The van der Waals surface area contributed by atoms with E-state index in [0.717, 1.165) is 39.3 Å². The van der Waals surface area contributed by atoms with Crippen molar-refractivity contribution in [2.75, 3.05) is 32.7 Å². The first-order valence-corrected chi connectivity index (χ1v) is 6.63. The van der Waals surface area contributed by atoms with Crippen molar-refractivity contribution in [3.05, 3.63) is 34.9 Å². The molecular weight excluding hydrogens is 220 g/mol. The Morgan fingerprint density at radius 2 is 1.72 bits per heavy atom. The third-order valence-electron chi connectivity index (χ3n) is 3.76. The van der Waals surface area contributed by atoms with Gasteiger partial charge in [-0.3, -0.25) is 9.80 Å². The van der Waals surface area contributed by atoms with Crippen LogP contribution in [-0.4, -0.2) is 42.5 Å². The van der Waals surface area contributed by atoms with Crippen molar-refractivity contribution in [3.63, 3.8) is 0 Å². The van der Waals surface area contributed by atoms with Crippen molar-refractivity contribution in [1.82, 2.24) is 9.80 Å². The lowest BCUT2D eigenvalue weighted by Crippen LogP contribution is -2.45. The zero-order valence-electron chi connectivity index (χ0n) is 11.4. The van der Waals surface area contributed by atoms with E-state index in [-0.39, 0.29) is 0 Å². The molecule has 18 heavy (non-hydrogen) atoms. The largest absolute Gasteiger partial charge is 0.297 e. The third kappa shape index (κ3) is 3.35. The van der Waals surface area contributed by atoms with Gasteiger partial charge in [-0.25, -0.2) is 0 Å². The Balaban J connectivity index is 1.88. The van der Waals surface area contributed by atoms with E-state index >= 15 is 0 Å². The van der Waals surface area contributed by atoms with Gasteiger partial charge in [0, 0.05) is 32.7 Å². The van der Waals surface area contributed by atoms with E-state index in [0.29, 0.717) is 0 Å². The minimum Gasteiger partial charge on any atom is -0.297 e. The quantitative estimate of drug-likeness (QED) is 0.749. The van der Waals surface area contributed by atoms with Crippen molar-refractivity contribution in [3.8, 4) is 12.3 Å². The first kappa shape index (κ1) is 13.1. The number of terminal acetylenes is 1. The fourth-order valence-corrected chi connectivity index (χ4v) is 2.39. The van der Waals surface area contributed by atoms with E-state index < -0.39 is 0 Å². The predicted molar refractivity (Wildman–Crippen MR) is 76.5 cm³/mol. The number of rotatable bonds is 3. The summed E-state index contributed by atoms with van der Waals surface area (Å²) in [6, 6.07) is 6.78. The van der Waals surface area contributed by atoms with Gasteiger partial charge in [-0.2, -0.15) is 0 Å². The van der Waals surface area contributed by atoms with Crippen LogP contribution in [0.25, 0.3) is 0 Å². The lowest BCUT2D eigenvalue weighted by molar-refractivity contribution is 0.138. The van der Waals surface area contributed by atoms with Crippen molar-refractivity contribution >= 4 is 0 Å². The molecule has 0 atom stereocenters. The third-order valence-corrected chi connectivity index (χ3v) is 3.76. The molecule has 0 aliphatic carbocycles. The standard InChI is InChI=1S/C16H22N2/c1-4-7-17-8-10-18(11-9-17)13-16-6-5-14(2)15(3)12-16/h1,5-6,12H,7-11,13H2,2-3H3. The molecule has 0 radical (unpaired) electrons. The van der Waals surface area contributed by atoms with Gasteiger partial charge in [-0.1, -0.05) is 24.1 Å². The molecule has 1 aliphatic heterocycles. The van der Waals surface area contributed by atoms with E-state index in [1.807, 2.05) is 0 Å². The van der Waals surface area contributed by atoms with E-state index in [9.17, 15) is 0 Å². The summed E-state index contributed by atoms with van der Waals surface area (Å²) in [5.74, 6) is 2.72. The van der Waals surface area contributed by atoms with Crippen LogP contribution in [0.15, 0.2) is 18.2 Å². The van der Waals surface area contributed by atoms with Crippen molar-refractivity contribution in [2.45, 2.75) is 20.4 Å². The molecular formula is C16H22N2. The second kappa shape index (κ2) is 6.04. The summed E-state index contributed by atoms with van der Waals surface area (Å²) in [4.78, 5) is 4.86. The molecule has 0 unspecified atom stereocenters. The minimum absolute atomic E-state index is 0.789. The SMILES string of the molecule is C#CCN1CCN(Cc2ccc(C)c(C)c2)CC1. The van der Waals surface area contributed by atoms with Crippen molar-refractivity contribution in [1.29, 1.82) is 0 Å². The van der Waals surface area contributed by atoms with E-state index in [1.165, 1.54) is 16.7 Å². The normalized spacial score (nSPS) is 17.6. The second-order valence-corrected chi connectivity index (χ2v) is 5.18. The predicted octanol–water partition coefficient (Wildman–Crippen LogP) is 2.05. The topological polar surface area (TPSA) is 6.48 Å². The molecule has 2 rings (SSSR count). The van der Waals surface area contributed by atoms with Gasteiger partial charge in [-0.15, -0.1) is 6.42 Å². The zero-order chi connectivity index (χ0) is 13.0. The van der Waals surface area contributed by atoms with Crippen molar-refractivity contribution < 1.29 is 0 Å². The highest BCUT2D eigenvalue weighted by molar-refractivity contribution is 5.29. The van der Waals surface area contributed by atoms with Gasteiger partial charge in [0.1, 0.15) is 0 Å². The Labute approximate surface area is 111 Å². The lowest BCUT2D eigenvalue weighted by Gasteiger charge is -2.33. The van der Waals surface area contributed by atoms with Crippen LogP contribution in [0, 0.1) is 26.2 Å². The van der Waals surface area contributed by atoms with Crippen LogP contribution in [-0.2, 0) is 6.54 Å². The minimum atomic E-state index is 0.789. The first-order valence-electron chi connectivity index (χ1n) is 6.63. The monoisotopic (exact) mass is 242 g/mol. The van der Waals surface area contributed by atoms with Gasteiger partial charge in [0.05, 0.1) is 6.54 Å². The van der Waals surface area contributed by atoms with Crippen LogP contribution >= 0.6 is 0 Å². The van der Waals surface area contributed by atoms with Crippen LogP contribution in [0.2, 0.25) is 0 Å². The first-order chi connectivity index (χ1) is 8.69. The lowest BCUT2D eigenvalue weighted by atomic mass is 10.1. The molecule has 1 aromatic carbocycles. The Kier molecular flexibility index (Phi) is 4.41. The van der Waals surface area contributed by atoms with Crippen LogP contribution in [0.3, 0.4) is 0 Å². The molecule has 0 N–H and O–H groups in total. The molecule has 1 aromatic rings. The second-order valence-electron chi connectivity index (χ2n) is 5.18. The van der Waals surface area contributed by atoms with E-state index in [2.05, 4.69) is 47.8 Å². The molecule has 1 heterocycles. The number of hydrogen-bond donors (Lipinski definition) is 0. The Bertz CT molecular complexity index is 437. The van der Waals surface area contributed by atoms with Crippen LogP contribution < -0.4 is 0 Å².